The molecule has 0 aliphatic carbocycles. The van der Waals surface area contributed by atoms with Crippen LogP contribution in [0.2, 0.25) is 0 Å². The van der Waals surface area contributed by atoms with Gasteiger partial charge in [-0.15, -0.1) is 0 Å². The molecule has 0 aliphatic rings. The van der Waals surface area contributed by atoms with Crippen molar-refractivity contribution >= 4 is 0 Å². The van der Waals surface area contributed by atoms with Crippen molar-refractivity contribution in [1.29, 1.82) is 0 Å². The van der Waals surface area contributed by atoms with Gasteiger partial charge in [0.2, 0.25) is 0 Å². The minimum absolute atomic E-state index is 0.577. The molecular weight excluding hydrogens is 144 g/mol. The van der Waals surface area contributed by atoms with Gasteiger partial charge in [-0.3, -0.25) is 0 Å². The quantitative estimate of drug-likeness (QED) is 0.549. The third-order valence-corrected chi connectivity index (χ3v) is 2.10. The molecule has 0 aromatic heterocycles. The molecule has 0 atom stereocenters. The van der Waals surface area contributed by atoms with Crippen molar-refractivity contribution in [2.75, 3.05) is 0 Å². The highest BCUT2D eigenvalue weighted by Gasteiger charge is 2.01. The zero-order valence-electron chi connectivity index (χ0n) is 9.15. The highest BCUT2D eigenvalue weighted by atomic mass is 14.1. The lowest BCUT2D eigenvalue weighted by atomic mass is 9.96. The van der Waals surface area contributed by atoms with E-state index in [4.69, 9.17) is 0 Å². The van der Waals surface area contributed by atoms with E-state index in [9.17, 15) is 0 Å². The predicted octanol–water partition coefficient (Wildman–Crippen LogP) is 4.19. The van der Waals surface area contributed by atoms with E-state index < -0.39 is 0 Å². The smallest absolute Gasteiger partial charge is 0.0222 e. The lowest BCUT2D eigenvalue weighted by Crippen LogP contribution is -1.94. The summed E-state index contributed by atoms with van der Waals surface area (Å²) >= 11 is 0. The first-order chi connectivity index (χ1) is 5.45. The third-order valence-electron chi connectivity index (χ3n) is 2.10. The summed E-state index contributed by atoms with van der Waals surface area (Å²) in [5.41, 5.74) is 2.63. The zero-order chi connectivity index (χ0) is 9.72. The molecule has 70 valence electrons. The van der Waals surface area contributed by atoms with E-state index in [1.54, 1.807) is 0 Å². The molecule has 0 aromatic carbocycles. The summed E-state index contributed by atoms with van der Waals surface area (Å²) in [6.45, 7) is 15.1. The summed E-state index contributed by atoms with van der Waals surface area (Å²) in [5.74, 6) is 1.33. The van der Waals surface area contributed by atoms with Crippen molar-refractivity contribution in [2.45, 2.75) is 41.0 Å². The van der Waals surface area contributed by atoms with E-state index in [2.05, 4.69) is 47.3 Å². The second-order valence-corrected chi connectivity index (χ2v) is 4.20. The van der Waals surface area contributed by atoms with Gasteiger partial charge < -0.3 is 0 Å². The van der Waals surface area contributed by atoms with E-state index in [1.807, 2.05) is 0 Å². The maximum Gasteiger partial charge on any atom is -0.0222 e. The Morgan fingerprint density at radius 2 is 1.75 bits per heavy atom. The van der Waals surface area contributed by atoms with Gasteiger partial charge in [-0.25, -0.2) is 0 Å². The minimum Gasteiger partial charge on any atom is -0.0953 e. The molecule has 0 radical (unpaired) electrons. The topological polar surface area (TPSA) is 0 Å². The largest absolute Gasteiger partial charge is 0.0953 e. The minimum atomic E-state index is 0.577. The maximum atomic E-state index is 4.06. The number of hydrogen-bond acceptors (Lipinski definition) is 0. The Balaban J connectivity index is 4.09. The molecule has 0 spiro atoms. The molecular formula is C12H22. The second-order valence-electron chi connectivity index (χ2n) is 4.20. The average Bonchev–Trinajstić information content (AvgIpc) is 1.98. The summed E-state index contributed by atoms with van der Waals surface area (Å²) in [7, 11) is 0. The summed E-state index contributed by atoms with van der Waals surface area (Å²) < 4.78 is 0. The summed E-state index contributed by atoms with van der Waals surface area (Å²) in [6, 6.07) is 0. The van der Waals surface area contributed by atoms with Crippen LogP contribution in [0, 0.1) is 11.8 Å². The highest BCUT2D eigenvalue weighted by Crippen LogP contribution is 2.17. The van der Waals surface area contributed by atoms with Crippen LogP contribution in [0.25, 0.3) is 0 Å². The Hall–Kier alpha value is -0.520. The van der Waals surface area contributed by atoms with Gasteiger partial charge >= 0.3 is 0 Å². The number of allylic oxidation sites excluding steroid dienone is 3. The first-order valence-electron chi connectivity index (χ1n) is 4.81. The van der Waals surface area contributed by atoms with Crippen molar-refractivity contribution in [3.8, 4) is 0 Å². The van der Waals surface area contributed by atoms with Crippen LogP contribution in [0.4, 0.5) is 0 Å². The molecule has 0 nitrogen and oxygen atoms in total. The molecule has 0 aliphatic heterocycles. The van der Waals surface area contributed by atoms with E-state index >= 15 is 0 Å². The van der Waals surface area contributed by atoms with Crippen LogP contribution in [0.3, 0.4) is 0 Å². The Bertz CT molecular complexity index is 170. The van der Waals surface area contributed by atoms with Gasteiger partial charge in [0, 0.05) is 0 Å². The molecule has 0 saturated carbocycles. The fourth-order valence-corrected chi connectivity index (χ4v) is 0.999. The van der Waals surface area contributed by atoms with Crippen molar-refractivity contribution in [3.05, 3.63) is 23.8 Å². The first-order valence-corrected chi connectivity index (χ1v) is 4.81. The van der Waals surface area contributed by atoms with Gasteiger partial charge in [-0.1, -0.05) is 51.5 Å². The Morgan fingerprint density at radius 3 is 2.08 bits per heavy atom. The van der Waals surface area contributed by atoms with Gasteiger partial charge in [0.05, 0.1) is 0 Å². The highest BCUT2D eigenvalue weighted by molar-refractivity contribution is 5.27. The molecule has 0 heteroatoms. The SMILES string of the molecule is C=C(C(C)=CCC(C)C)C(C)C. The fourth-order valence-electron chi connectivity index (χ4n) is 0.999. The van der Waals surface area contributed by atoms with E-state index in [0.717, 1.165) is 12.3 Å². The van der Waals surface area contributed by atoms with Gasteiger partial charge in [-0.05, 0) is 25.2 Å². The van der Waals surface area contributed by atoms with Crippen LogP contribution in [-0.4, -0.2) is 0 Å². The van der Waals surface area contributed by atoms with Crippen LogP contribution in [0.1, 0.15) is 41.0 Å². The Kier molecular flexibility index (Phi) is 4.96. The van der Waals surface area contributed by atoms with E-state index in [0.29, 0.717) is 5.92 Å². The van der Waals surface area contributed by atoms with Gasteiger partial charge in [0.15, 0.2) is 0 Å². The zero-order valence-corrected chi connectivity index (χ0v) is 9.15. The van der Waals surface area contributed by atoms with Gasteiger partial charge in [0.1, 0.15) is 0 Å². The third kappa shape index (κ3) is 4.38. The van der Waals surface area contributed by atoms with Crippen molar-refractivity contribution in [1.82, 2.24) is 0 Å². The monoisotopic (exact) mass is 166 g/mol. The molecule has 0 bridgehead atoms. The van der Waals surface area contributed by atoms with Crippen LogP contribution in [-0.2, 0) is 0 Å². The van der Waals surface area contributed by atoms with Crippen LogP contribution in [0.15, 0.2) is 23.8 Å². The summed E-state index contributed by atoms with van der Waals surface area (Å²) in [6.07, 6.45) is 3.46. The number of hydrogen-bond donors (Lipinski definition) is 0. The molecule has 0 rings (SSSR count). The lowest BCUT2D eigenvalue weighted by Gasteiger charge is -2.10. The fraction of sp³-hybridized carbons (Fsp3) is 0.667. The van der Waals surface area contributed by atoms with Crippen molar-refractivity contribution < 1.29 is 0 Å². The molecule has 0 saturated heterocycles. The normalized spacial score (nSPS) is 12.8. The molecule has 0 heterocycles. The molecule has 12 heavy (non-hydrogen) atoms. The second kappa shape index (κ2) is 5.18. The van der Waals surface area contributed by atoms with Crippen molar-refractivity contribution in [3.63, 3.8) is 0 Å². The van der Waals surface area contributed by atoms with Crippen LogP contribution in [0.5, 0.6) is 0 Å². The molecule has 0 N–H and O–H groups in total. The lowest BCUT2D eigenvalue weighted by molar-refractivity contribution is 0.659. The maximum absolute atomic E-state index is 4.06. The van der Waals surface area contributed by atoms with E-state index in [-0.39, 0.29) is 0 Å². The predicted molar refractivity (Wildman–Crippen MR) is 57.2 cm³/mol. The van der Waals surface area contributed by atoms with Gasteiger partial charge in [0.25, 0.3) is 0 Å². The Morgan fingerprint density at radius 1 is 1.25 bits per heavy atom. The average molecular weight is 166 g/mol. The molecule has 0 amide bonds. The standard InChI is InChI=1S/C12H22/c1-9(2)7-8-11(5)12(6)10(3)4/h8-10H,6-7H2,1-5H3. The Labute approximate surface area is 77.4 Å². The van der Waals surface area contributed by atoms with Crippen LogP contribution < -0.4 is 0 Å². The number of rotatable bonds is 4. The van der Waals surface area contributed by atoms with Crippen molar-refractivity contribution in [2.24, 2.45) is 11.8 Å². The first kappa shape index (κ1) is 11.5. The van der Waals surface area contributed by atoms with Crippen LogP contribution >= 0.6 is 0 Å². The molecule has 0 aromatic rings. The van der Waals surface area contributed by atoms with E-state index in [1.165, 1.54) is 11.1 Å². The summed E-state index contributed by atoms with van der Waals surface area (Å²) in [4.78, 5) is 0. The van der Waals surface area contributed by atoms with Gasteiger partial charge in [-0.2, -0.15) is 0 Å². The molecule has 0 unspecified atom stereocenters. The molecule has 0 fully saturated rings. The summed E-state index contributed by atoms with van der Waals surface area (Å²) in [5, 5.41) is 0.